The van der Waals surface area contributed by atoms with Crippen LogP contribution >= 0.6 is 23.2 Å². The number of benzene rings is 3. The first kappa shape index (κ1) is 49.8. The number of carbonyl (C=O) groups excluding carboxylic acids is 4. The summed E-state index contributed by atoms with van der Waals surface area (Å²) in [4.78, 5) is 68.3. The van der Waals surface area contributed by atoms with Crippen LogP contribution in [0.3, 0.4) is 0 Å². The number of aromatic nitrogens is 3. The molecule has 2 N–H and O–H groups in total. The van der Waals surface area contributed by atoms with Crippen molar-refractivity contribution in [3.63, 3.8) is 0 Å². The van der Waals surface area contributed by atoms with Crippen molar-refractivity contribution < 1.29 is 37.8 Å². The zero-order chi connectivity index (χ0) is 48.9. The van der Waals surface area contributed by atoms with Crippen LogP contribution in [0.1, 0.15) is 54.5 Å². The van der Waals surface area contributed by atoms with Gasteiger partial charge in [0.15, 0.2) is 11.4 Å². The molecule has 0 saturated carbocycles. The van der Waals surface area contributed by atoms with Gasteiger partial charge < -0.3 is 44.6 Å². The number of aryl methyl sites for hydroxylation is 1. The van der Waals surface area contributed by atoms with Gasteiger partial charge in [-0.1, -0.05) is 35.3 Å². The molecule has 360 valence electrons. The fourth-order valence-corrected chi connectivity index (χ4v) is 9.57. The average Bonchev–Trinajstić information content (AvgIpc) is 3.68. The standard InChI is InChI=1S/C50H57Cl2FN8O7/c1-31-9-7-10-38(61(31)66)21-35-22-46(62)60(28-40-41(53)23-37(52)24-44(40)68-39-17-13-34(14-18-39)43-26-55-45(27-54-3)57(43)4)32(2)47(63)56-42(29-67-6)49(65)58(5)50(19-8-20-59(30-50)48(35)64)25-33-11-15-36(51)16-12-33/h7,9-18,23-24,26,32,35,42,54H,8,19-22,25,27-30H2,1-6H3,(H,56,63)/t32-,35+,42-,50+/m0/s1. The first-order valence-corrected chi connectivity index (χ1v) is 23.3. The first-order chi connectivity index (χ1) is 32.5. The van der Waals surface area contributed by atoms with Crippen LogP contribution in [0.25, 0.3) is 11.3 Å². The number of hydrogen-bond acceptors (Lipinski definition) is 9. The Morgan fingerprint density at radius 2 is 1.74 bits per heavy atom. The number of ether oxygens (including phenoxy) is 2. The third-order valence-corrected chi connectivity index (χ3v) is 13.6. The van der Waals surface area contributed by atoms with E-state index in [0.29, 0.717) is 48.8 Å². The molecule has 0 spiro atoms. The van der Waals surface area contributed by atoms with Gasteiger partial charge >= 0.3 is 0 Å². The molecule has 3 aromatic carbocycles. The zero-order valence-electron chi connectivity index (χ0n) is 39.1. The summed E-state index contributed by atoms with van der Waals surface area (Å²) in [6.07, 6.45) is 2.58. The fraction of sp³-hybridized carbons (Fsp3) is 0.400. The molecule has 0 unspecified atom stereocenters. The average molecular weight is 972 g/mol. The van der Waals surface area contributed by atoms with Crippen molar-refractivity contribution >= 4 is 46.8 Å². The van der Waals surface area contributed by atoms with Gasteiger partial charge in [-0.05, 0) is 93.4 Å². The van der Waals surface area contributed by atoms with Crippen LogP contribution in [0.4, 0.5) is 4.39 Å². The highest BCUT2D eigenvalue weighted by Gasteiger charge is 2.46. The van der Waals surface area contributed by atoms with E-state index in [1.807, 2.05) is 42.9 Å². The summed E-state index contributed by atoms with van der Waals surface area (Å²) in [5, 5.41) is 19.9. The summed E-state index contributed by atoms with van der Waals surface area (Å²) in [6.45, 7) is 3.41. The van der Waals surface area contributed by atoms with Crippen LogP contribution in [0.2, 0.25) is 10.0 Å². The predicted octanol–water partition coefficient (Wildman–Crippen LogP) is 6.16. The highest BCUT2D eigenvalue weighted by atomic mass is 35.5. The molecule has 2 aliphatic heterocycles. The first-order valence-electron chi connectivity index (χ1n) is 22.5. The van der Waals surface area contributed by atoms with Crippen LogP contribution in [-0.2, 0) is 56.9 Å². The van der Waals surface area contributed by atoms with E-state index < -0.39 is 66.0 Å². The van der Waals surface area contributed by atoms with Crippen molar-refractivity contribution in [1.82, 2.24) is 34.9 Å². The Kier molecular flexibility index (Phi) is 15.7. The molecule has 2 aromatic heterocycles. The van der Waals surface area contributed by atoms with Crippen LogP contribution < -0.4 is 20.1 Å². The highest BCUT2D eigenvalue weighted by molar-refractivity contribution is 6.31. The molecule has 0 radical (unpaired) electrons. The fourth-order valence-electron chi connectivity index (χ4n) is 9.25. The van der Waals surface area contributed by atoms with Gasteiger partial charge in [0, 0.05) is 87.4 Å². The van der Waals surface area contributed by atoms with Crippen molar-refractivity contribution in [3.8, 4) is 22.8 Å². The Hall–Kier alpha value is -6.07. The third kappa shape index (κ3) is 10.9. The summed E-state index contributed by atoms with van der Waals surface area (Å²) in [5.41, 5.74) is 2.21. The number of pyridine rings is 1. The lowest BCUT2D eigenvalue weighted by Crippen LogP contribution is -2.65. The van der Waals surface area contributed by atoms with Gasteiger partial charge in [-0.3, -0.25) is 19.2 Å². The topological polar surface area (TPSA) is 165 Å². The maximum atomic E-state index is 16.4. The normalized spacial score (nSPS) is 20.7. The number of methoxy groups -OCH3 is 1. The van der Waals surface area contributed by atoms with Gasteiger partial charge in [0.1, 0.15) is 35.2 Å². The van der Waals surface area contributed by atoms with Gasteiger partial charge in [0.05, 0.1) is 43.0 Å². The van der Waals surface area contributed by atoms with Crippen molar-refractivity contribution in [2.45, 2.75) is 76.7 Å². The Balaban J connectivity index is 1.27. The number of carbonyl (C=O) groups is 4. The van der Waals surface area contributed by atoms with Crippen molar-refractivity contribution in [2.75, 3.05) is 40.9 Å². The summed E-state index contributed by atoms with van der Waals surface area (Å²) in [5.74, 6) is -3.02. The summed E-state index contributed by atoms with van der Waals surface area (Å²) in [6, 6.07) is 19.3. The summed E-state index contributed by atoms with van der Waals surface area (Å²) < 4.78 is 30.9. The Bertz CT molecular complexity index is 2650. The quantitative estimate of drug-likeness (QED) is 0.104. The second-order valence-electron chi connectivity index (χ2n) is 17.7. The van der Waals surface area contributed by atoms with E-state index in [4.69, 9.17) is 32.7 Å². The lowest BCUT2D eigenvalue weighted by atomic mass is 9.80. The van der Waals surface area contributed by atoms with E-state index in [-0.39, 0.29) is 41.6 Å². The van der Waals surface area contributed by atoms with E-state index in [2.05, 4.69) is 15.6 Å². The number of piperidine rings is 1. The third-order valence-electron chi connectivity index (χ3n) is 13.1. The number of likely N-dealkylation sites (N-methyl/N-ethyl adjacent to an activating group) is 1. The van der Waals surface area contributed by atoms with Crippen molar-refractivity contribution in [2.24, 2.45) is 13.0 Å². The SMILES string of the molecule is CNCc1ncc(-c2ccc(Oc3cc(Cl)cc(F)c3CN3C(=O)C[C@@H](Cc4cccc(C)[n+]4[O-])C(=O)N4CCC[C@@](Cc5ccc(Cl)cc5)(C4)N(C)C(=O)[C@H](COC)NC(=O)[C@@H]3C)cc2)n1C. The number of rotatable bonds is 13. The second-order valence-corrected chi connectivity index (χ2v) is 18.6. The van der Waals surface area contributed by atoms with Gasteiger partial charge in [-0.2, -0.15) is 4.73 Å². The monoisotopic (exact) mass is 970 g/mol. The molecule has 2 saturated heterocycles. The van der Waals surface area contributed by atoms with Crippen LogP contribution in [0, 0.1) is 23.9 Å². The van der Waals surface area contributed by atoms with Crippen molar-refractivity contribution in [1.29, 1.82) is 0 Å². The van der Waals surface area contributed by atoms with E-state index >= 15 is 14.0 Å². The maximum Gasteiger partial charge on any atom is 0.247 e. The maximum absolute atomic E-state index is 16.4. The number of imidazole rings is 1. The summed E-state index contributed by atoms with van der Waals surface area (Å²) >= 11 is 12.7. The number of fused-ring (bicyclic) bond motifs is 2. The number of nitrogens with zero attached hydrogens (tertiary/aromatic N) is 6. The smallest absolute Gasteiger partial charge is 0.247 e. The molecule has 2 fully saturated rings. The lowest BCUT2D eigenvalue weighted by molar-refractivity contribution is -0.621. The molecule has 68 heavy (non-hydrogen) atoms. The summed E-state index contributed by atoms with van der Waals surface area (Å²) in [7, 11) is 6.83. The molecule has 5 aromatic rings. The van der Waals surface area contributed by atoms with Crippen LogP contribution in [-0.4, -0.2) is 106 Å². The largest absolute Gasteiger partial charge is 0.618 e. The Labute approximate surface area is 405 Å². The van der Waals surface area contributed by atoms with Gasteiger partial charge in [-0.25, -0.2) is 9.37 Å². The Morgan fingerprint density at radius 1 is 1.00 bits per heavy atom. The predicted molar refractivity (Wildman–Crippen MR) is 255 cm³/mol. The molecule has 4 heterocycles. The van der Waals surface area contributed by atoms with Gasteiger partial charge in [0.25, 0.3) is 0 Å². The molecule has 7 rings (SSSR count). The minimum atomic E-state index is -1.33. The molecule has 2 bridgehead atoms. The number of amides is 4. The van der Waals surface area contributed by atoms with Crippen molar-refractivity contribution in [3.05, 3.63) is 134 Å². The van der Waals surface area contributed by atoms with Crippen LogP contribution in [0.5, 0.6) is 11.5 Å². The molecule has 4 atom stereocenters. The number of hydrogen-bond donors (Lipinski definition) is 2. The minimum Gasteiger partial charge on any atom is -0.618 e. The molecular weight excluding hydrogens is 915 g/mol. The lowest BCUT2D eigenvalue weighted by Gasteiger charge is -2.50. The second kappa shape index (κ2) is 21.5. The minimum absolute atomic E-state index is 0.0152. The Morgan fingerprint density at radius 3 is 2.44 bits per heavy atom. The van der Waals surface area contributed by atoms with Gasteiger partial charge in [0.2, 0.25) is 23.6 Å². The molecular formula is C50H57Cl2FN8O7. The van der Waals surface area contributed by atoms with E-state index in [9.17, 15) is 14.8 Å². The van der Waals surface area contributed by atoms with E-state index in [1.165, 1.54) is 20.1 Å². The highest BCUT2D eigenvalue weighted by Crippen LogP contribution is 2.36. The number of halogens is 3. The molecule has 4 amide bonds. The molecule has 15 nitrogen and oxygen atoms in total. The number of nitrogens with one attached hydrogen (secondary N) is 2. The van der Waals surface area contributed by atoms with Crippen LogP contribution in [0.15, 0.2) is 85.1 Å². The molecule has 18 heteroatoms. The molecule has 0 aliphatic carbocycles. The molecule has 2 aliphatic rings. The van der Waals surface area contributed by atoms with Gasteiger partial charge in [-0.15, -0.1) is 0 Å². The zero-order valence-corrected chi connectivity index (χ0v) is 40.6. The van der Waals surface area contributed by atoms with E-state index in [0.717, 1.165) is 38.3 Å². The van der Waals surface area contributed by atoms with E-state index in [1.54, 1.807) is 72.4 Å².